The van der Waals surface area contributed by atoms with Gasteiger partial charge in [-0.15, -0.1) is 0 Å². The second-order valence-electron chi connectivity index (χ2n) is 3.52. The van der Waals surface area contributed by atoms with Crippen molar-refractivity contribution >= 4 is 6.41 Å². The first kappa shape index (κ1) is 11.7. The molecule has 0 aromatic heterocycles. The van der Waals surface area contributed by atoms with Crippen LogP contribution in [0.1, 0.15) is 12.0 Å². The van der Waals surface area contributed by atoms with Crippen LogP contribution >= 0.6 is 0 Å². The molecule has 0 radical (unpaired) electrons. The van der Waals surface area contributed by atoms with E-state index >= 15 is 0 Å². The molecule has 1 N–H and O–H groups in total. The van der Waals surface area contributed by atoms with Crippen LogP contribution in [0.15, 0.2) is 30.3 Å². The highest BCUT2D eigenvalue weighted by Crippen LogP contribution is 2.02. The van der Waals surface area contributed by atoms with E-state index in [9.17, 15) is 4.79 Å². The molecule has 0 atom stereocenters. The smallest absolute Gasteiger partial charge is 0.210 e. The van der Waals surface area contributed by atoms with Gasteiger partial charge in [0.2, 0.25) is 6.41 Å². The normalized spacial score (nSPS) is 9.93. The maximum absolute atomic E-state index is 10.8. The lowest BCUT2D eigenvalue weighted by molar-refractivity contribution is -0.118. The fourth-order valence-corrected chi connectivity index (χ4v) is 1.45. The number of hydrogen-bond donors (Lipinski definition) is 1. The molecule has 0 aliphatic carbocycles. The zero-order chi connectivity index (χ0) is 10.9. The Labute approximate surface area is 91.1 Å². The van der Waals surface area contributed by atoms with Crippen molar-refractivity contribution in [2.24, 2.45) is 0 Å². The number of rotatable bonds is 7. The summed E-state index contributed by atoms with van der Waals surface area (Å²) in [5, 5.41) is 3.07. The summed E-state index contributed by atoms with van der Waals surface area (Å²) < 4.78 is 0. The number of amides is 1. The standard InChI is InChI=1S/C12H18N2O/c1-13-8-5-9-14(11-15)10-12-6-3-2-4-7-12/h2-4,6-7,11,13H,5,8-10H2,1H3. The van der Waals surface area contributed by atoms with Gasteiger partial charge in [0.25, 0.3) is 0 Å². The molecule has 3 nitrogen and oxygen atoms in total. The molecule has 1 rings (SSSR count). The molecule has 0 bridgehead atoms. The summed E-state index contributed by atoms with van der Waals surface area (Å²) in [7, 11) is 1.92. The van der Waals surface area contributed by atoms with E-state index in [0.717, 1.165) is 25.9 Å². The zero-order valence-corrected chi connectivity index (χ0v) is 9.15. The Morgan fingerprint density at radius 2 is 2.07 bits per heavy atom. The minimum Gasteiger partial charge on any atom is -0.341 e. The molecule has 0 heterocycles. The van der Waals surface area contributed by atoms with Gasteiger partial charge in [-0.3, -0.25) is 4.79 Å². The van der Waals surface area contributed by atoms with Gasteiger partial charge < -0.3 is 10.2 Å². The average Bonchev–Trinajstić information content (AvgIpc) is 2.29. The zero-order valence-electron chi connectivity index (χ0n) is 9.15. The molecule has 0 spiro atoms. The van der Waals surface area contributed by atoms with E-state index in [1.54, 1.807) is 4.90 Å². The first-order valence-electron chi connectivity index (χ1n) is 5.24. The summed E-state index contributed by atoms with van der Waals surface area (Å²) in [5.41, 5.74) is 1.18. The Kier molecular flexibility index (Phi) is 5.48. The van der Waals surface area contributed by atoms with E-state index in [2.05, 4.69) is 5.32 Å². The van der Waals surface area contributed by atoms with Crippen molar-refractivity contribution in [1.29, 1.82) is 0 Å². The van der Waals surface area contributed by atoms with Crippen LogP contribution in [0.4, 0.5) is 0 Å². The molecule has 1 amide bonds. The predicted octanol–water partition coefficient (Wildman–Crippen LogP) is 1.25. The predicted molar refractivity (Wildman–Crippen MR) is 61.5 cm³/mol. The van der Waals surface area contributed by atoms with E-state index < -0.39 is 0 Å². The van der Waals surface area contributed by atoms with Crippen LogP contribution in [0, 0.1) is 0 Å². The van der Waals surface area contributed by atoms with Gasteiger partial charge >= 0.3 is 0 Å². The van der Waals surface area contributed by atoms with E-state index in [4.69, 9.17) is 0 Å². The second-order valence-corrected chi connectivity index (χ2v) is 3.52. The third kappa shape index (κ3) is 4.61. The van der Waals surface area contributed by atoms with Gasteiger partial charge in [0.05, 0.1) is 0 Å². The summed E-state index contributed by atoms with van der Waals surface area (Å²) in [4.78, 5) is 12.6. The van der Waals surface area contributed by atoms with Crippen LogP contribution in [-0.4, -0.2) is 31.4 Å². The van der Waals surface area contributed by atoms with Crippen LogP contribution in [0.3, 0.4) is 0 Å². The summed E-state index contributed by atoms with van der Waals surface area (Å²) in [6.07, 6.45) is 1.91. The molecule has 15 heavy (non-hydrogen) atoms. The first-order chi connectivity index (χ1) is 7.36. The van der Waals surface area contributed by atoms with Crippen LogP contribution in [-0.2, 0) is 11.3 Å². The molecule has 0 aliphatic rings. The number of carbonyl (C=O) groups excluding carboxylic acids is 1. The molecule has 82 valence electrons. The Hall–Kier alpha value is -1.35. The van der Waals surface area contributed by atoms with Crippen molar-refractivity contribution < 1.29 is 4.79 Å². The molecule has 1 aromatic carbocycles. The lowest BCUT2D eigenvalue weighted by Crippen LogP contribution is -2.25. The molecule has 1 aromatic rings. The van der Waals surface area contributed by atoms with Crippen LogP contribution in [0.2, 0.25) is 0 Å². The van der Waals surface area contributed by atoms with E-state index in [1.165, 1.54) is 5.56 Å². The molecular weight excluding hydrogens is 188 g/mol. The first-order valence-corrected chi connectivity index (χ1v) is 5.24. The summed E-state index contributed by atoms with van der Waals surface area (Å²) in [5.74, 6) is 0. The van der Waals surface area contributed by atoms with Gasteiger partial charge in [0.1, 0.15) is 0 Å². The molecule has 0 aliphatic heterocycles. The molecule has 0 fully saturated rings. The Morgan fingerprint density at radius 1 is 1.33 bits per heavy atom. The number of nitrogens with one attached hydrogen (secondary N) is 1. The maximum atomic E-state index is 10.8. The van der Waals surface area contributed by atoms with Gasteiger partial charge in [-0.25, -0.2) is 0 Å². The van der Waals surface area contributed by atoms with Crippen molar-refractivity contribution in [2.45, 2.75) is 13.0 Å². The van der Waals surface area contributed by atoms with Crippen molar-refractivity contribution in [3.05, 3.63) is 35.9 Å². The Balaban J connectivity index is 2.37. The fourth-order valence-electron chi connectivity index (χ4n) is 1.45. The molecule has 0 saturated heterocycles. The summed E-state index contributed by atoms with van der Waals surface area (Å²) in [6.45, 7) is 2.45. The minimum absolute atomic E-state index is 0.702. The highest BCUT2D eigenvalue weighted by molar-refractivity contribution is 5.47. The molecule has 0 unspecified atom stereocenters. The third-order valence-electron chi connectivity index (χ3n) is 2.25. The van der Waals surface area contributed by atoms with Gasteiger partial charge in [0, 0.05) is 13.1 Å². The monoisotopic (exact) mass is 206 g/mol. The van der Waals surface area contributed by atoms with Gasteiger partial charge in [-0.2, -0.15) is 0 Å². The van der Waals surface area contributed by atoms with Gasteiger partial charge in [0.15, 0.2) is 0 Å². The fraction of sp³-hybridized carbons (Fsp3) is 0.417. The van der Waals surface area contributed by atoms with Gasteiger partial charge in [-0.1, -0.05) is 30.3 Å². The molecule has 3 heteroatoms. The number of hydrogen-bond acceptors (Lipinski definition) is 2. The molecule has 0 saturated carbocycles. The number of benzene rings is 1. The number of carbonyl (C=O) groups is 1. The highest BCUT2D eigenvalue weighted by atomic mass is 16.1. The quantitative estimate of drug-likeness (QED) is 0.538. The van der Waals surface area contributed by atoms with E-state index in [0.29, 0.717) is 6.54 Å². The van der Waals surface area contributed by atoms with Crippen molar-refractivity contribution in [3.8, 4) is 0 Å². The minimum atomic E-state index is 0.702. The van der Waals surface area contributed by atoms with Crippen LogP contribution < -0.4 is 5.32 Å². The highest BCUT2D eigenvalue weighted by Gasteiger charge is 2.01. The van der Waals surface area contributed by atoms with Gasteiger partial charge in [-0.05, 0) is 25.6 Å². The summed E-state index contributed by atoms with van der Waals surface area (Å²) in [6, 6.07) is 10.0. The average molecular weight is 206 g/mol. The van der Waals surface area contributed by atoms with E-state index in [1.807, 2.05) is 37.4 Å². The maximum Gasteiger partial charge on any atom is 0.210 e. The van der Waals surface area contributed by atoms with Crippen LogP contribution in [0.25, 0.3) is 0 Å². The lowest BCUT2D eigenvalue weighted by atomic mass is 10.2. The summed E-state index contributed by atoms with van der Waals surface area (Å²) >= 11 is 0. The Morgan fingerprint density at radius 3 is 2.67 bits per heavy atom. The lowest BCUT2D eigenvalue weighted by Gasteiger charge is -2.17. The van der Waals surface area contributed by atoms with Crippen molar-refractivity contribution in [3.63, 3.8) is 0 Å². The largest absolute Gasteiger partial charge is 0.341 e. The van der Waals surface area contributed by atoms with Crippen molar-refractivity contribution in [1.82, 2.24) is 10.2 Å². The SMILES string of the molecule is CNCCCN(C=O)Cc1ccccc1. The van der Waals surface area contributed by atoms with Crippen LogP contribution in [0.5, 0.6) is 0 Å². The topological polar surface area (TPSA) is 32.3 Å². The van der Waals surface area contributed by atoms with Crippen molar-refractivity contribution in [2.75, 3.05) is 20.1 Å². The second kappa shape index (κ2) is 7.01. The Bertz CT molecular complexity index is 274. The number of nitrogens with zero attached hydrogens (tertiary/aromatic N) is 1. The van der Waals surface area contributed by atoms with E-state index in [-0.39, 0.29) is 0 Å². The third-order valence-corrected chi connectivity index (χ3v) is 2.25. The molecular formula is C12H18N2O.